The quantitative estimate of drug-likeness (QED) is 0.213. The second-order valence-electron chi connectivity index (χ2n) is 9.64. The number of alkyl halides is 1. The molecule has 1 amide bonds. The molecule has 0 unspecified atom stereocenters. The molecule has 0 spiro atoms. The number of carbonyl (C=O) groups excluding carboxylic acids is 1. The van der Waals surface area contributed by atoms with Gasteiger partial charge in [-0.15, -0.1) is 0 Å². The lowest BCUT2D eigenvalue weighted by atomic mass is 9.95. The Morgan fingerprint density at radius 1 is 1.05 bits per heavy atom. The van der Waals surface area contributed by atoms with Gasteiger partial charge in [0, 0.05) is 25.7 Å². The van der Waals surface area contributed by atoms with Crippen LogP contribution in [0.1, 0.15) is 88.6 Å². The molecular weight excluding hydrogens is 571 g/mol. The fraction of sp³-hybridized carbons (Fsp3) is 0.552. The van der Waals surface area contributed by atoms with Crippen molar-refractivity contribution in [3.63, 3.8) is 0 Å². The van der Waals surface area contributed by atoms with E-state index >= 15 is 0 Å². The van der Waals surface area contributed by atoms with E-state index in [0.717, 1.165) is 25.7 Å². The van der Waals surface area contributed by atoms with Crippen LogP contribution in [0.25, 0.3) is 11.2 Å². The number of carbonyl (C=O) groups is 1. The summed E-state index contributed by atoms with van der Waals surface area (Å²) >= 11 is 12.6. The van der Waals surface area contributed by atoms with Gasteiger partial charge in [0.25, 0.3) is 5.91 Å². The zero-order chi connectivity index (χ0) is 30.1. The molecule has 226 valence electrons. The molecule has 1 aliphatic carbocycles. The van der Waals surface area contributed by atoms with Crippen molar-refractivity contribution in [2.24, 2.45) is 5.73 Å². The molecule has 1 aliphatic heterocycles. The van der Waals surface area contributed by atoms with Crippen LogP contribution in [0.2, 0.25) is 10.0 Å². The Morgan fingerprint density at radius 2 is 1.71 bits per heavy atom. The number of halogens is 4. The number of amides is 1. The number of nitrogens with one attached hydrogen (secondary N) is 3. The summed E-state index contributed by atoms with van der Waals surface area (Å²) in [7, 11) is 0. The molecule has 41 heavy (non-hydrogen) atoms. The minimum absolute atomic E-state index is 0.0295. The van der Waals surface area contributed by atoms with E-state index in [1.807, 2.05) is 32.6 Å². The summed E-state index contributed by atoms with van der Waals surface area (Å²) in [5.41, 5.74) is 7.45. The van der Waals surface area contributed by atoms with E-state index in [0.29, 0.717) is 54.0 Å². The predicted octanol–water partition coefficient (Wildman–Crippen LogP) is 7.66. The molecule has 3 aromatic rings. The number of piperidine rings is 1. The van der Waals surface area contributed by atoms with E-state index in [-0.39, 0.29) is 40.2 Å². The van der Waals surface area contributed by atoms with Gasteiger partial charge in [0.05, 0.1) is 21.8 Å². The Balaban J connectivity index is 0.00000111. The molecule has 5 rings (SSSR count). The largest absolute Gasteiger partial charge is 0.356 e. The van der Waals surface area contributed by atoms with E-state index in [1.165, 1.54) is 12.5 Å². The lowest BCUT2D eigenvalue weighted by Crippen LogP contribution is -2.39. The number of fused-ring (bicyclic) bond motifs is 1. The molecule has 8 nitrogen and oxygen atoms in total. The number of imidazole rings is 1. The number of aromatic amines is 1. The van der Waals surface area contributed by atoms with Gasteiger partial charge in [0.2, 0.25) is 5.95 Å². The number of nitrogens with two attached hydrogens (primary N) is 1. The zero-order valence-corrected chi connectivity index (χ0v) is 25.7. The minimum Gasteiger partial charge on any atom is -0.356 e. The van der Waals surface area contributed by atoms with Gasteiger partial charge in [-0.3, -0.25) is 4.79 Å². The van der Waals surface area contributed by atoms with Crippen LogP contribution >= 0.6 is 23.2 Å². The van der Waals surface area contributed by atoms with Gasteiger partial charge in [0.15, 0.2) is 5.65 Å². The van der Waals surface area contributed by atoms with Gasteiger partial charge in [0.1, 0.15) is 22.8 Å². The third-order valence-corrected chi connectivity index (χ3v) is 7.86. The van der Waals surface area contributed by atoms with E-state index in [1.54, 1.807) is 6.07 Å². The van der Waals surface area contributed by atoms with Gasteiger partial charge < -0.3 is 26.3 Å². The SMILES string of the molecule is CC.CC.NCc1cc(F)c(Cl)c(Nc2nc3nc(N4CCC(F)CC4)c(C(=O)NC4CCCCC4)cc3[nH]2)c1Cl. The molecule has 2 aliphatic rings. The monoisotopic (exact) mass is 611 g/mol. The summed E-state index contributed by atoms with van der Waals surface area (Å²) < 4.78 is 28.2. The van der Waals surface area contributed by atoms with Crippen molar-refractivity contribution < 1.29 is 13.6 Å². The highest BCUT2D eigenvalue weighted by Gasteiger charge is 2.27. The number of H-pyrrole nitrogens is 1. The molecule has 0 radical (unpaired) electrons. The van der Waals surface area contributed by atoms with Gasteiger partial charge in [-0.25, -0.2) is 13.8 Å². The highest BCUT2D eigenvalue weighted by Crippen LogP contribution is 2.37. The number of rotatable bonds is 6. The van der Waals surface area contributed by atoms with Crippen molar-refractivity contribution in [2.75, 3.05) is 23.3 Å². The molecule has 1 saturated carbocycles. The fourth-order valence-corrected chi connectivity index (χ4v) is 5.52. The second kappa shape index (κ2) is 15.5. The molecule has 3 heterocycles. The lowest BCUT2D eigenvalue weighted by molar-refractivity contribution is 0.0928. The molecule has 2 fully saturated rings. The van der Waals surface area contributed by atoms with Crippen LogP contribution in [-0.2, 0) is 6.54 Å². The van der Waals surface area contributed by atoms with Crippen LogP contribution < -0.4 is 21.3 Å². The maximum atomic E-state index is 14.3. The molecule has 12 heteroatoms. The highest BCUT2D eigenvalue weighted by molar-refractivity contribution is 6.39. The average molecular weight is 613 g/mol. The summed E-state index contributed by atoms with van der Waals surface area (Å²) in [5, 5.41) is 6.07. The number of pyridine rings is 1. The van der Waals surface area contributed by atoms with E-state index < -0.39 is 12.0 Å². The molecule has 0 atom stereocenters. The molecule has 1 aromatic carbocycles. The average Bonchev–Trinajstić information content (AvgIpc) is 3.41. The van der Waals surface area contributed by atoms with Crippen molar-refractivity contribution in [3.8, 4) is 0 Å². The van der Waals surface area contributed by atoms with Crippen molar-refractivity contribution >= 4 is 57.7 Å². The van der Waals surface area contributed by atoms with Crippen LogP contribution in [0, 0.1) is 5.82 Å². The Labute approximate surface area is 250 Å². The standard InChI is InChI=1S/C25H29Cl2F2N7O.2C2H6/c26-19-13(12-30)10-17(29)20(27)21(19)33-25-32-18-11-16(24(37)31-15-4-2-1-3-5-15)23(34-22(18)35-25)36-8-6-14(28)7-9-36;2*1-2/h10-11,14-15H,1-9,12,30H2,(H,31,37)(H2,32,33,34,35);2*1-2H3. The number of hydrogen-bond acceptors (Lipinski definition) is 6. The number of anilines is 3. The molecule has 2 aromatic heterocycles. The van der Waals surface area contributed by atoms with E-state index in [4.69, 9.17) is 33.9 Å². The molecule has 1 saturated heterocycles. The van der Waals surface area contributed by atoms with Crippen LogP contribution in [0.5, 0.6) is 0 Å². The van der Waals surface area contributed by atoms with Crippen molar-refractivity contribution in [1.29, 1.82) is 0 Å². The Hall–Kier alpha value is -2.69. The number of nitrogens with zero attached hydrogens (tertiary/aromatic N) is 3. The second-order valence-corrected chi connectivity index (χ2v) is 10.4. The topological polar surface area (TPSA) is 112 Å². The first-order valence-corrected chi connectivity index (χ1v) is 15.3. The van der Waals surface area contributed by atoms with Crippen molar-refractivity contribution in [1.82, 2.24) is 20.3 Å². The van der Waals surface area contributed by atoms with Crippen LogP contribution in [-0.4, -0.2) is 46.2 Å². The molecular formula is C29H41Cl2F2N7O. The number of hydrogen-bond donors (Lipinski definition) is 4. The summed E-state index contributed by atoms with van der Waals surface area (Å²) in [6.45, 7) is 8.94. The maximum absolute atomic E-state index is 14.3. The van der Waals surface area contributed by atoms with Gasteiger partial charge >= 0.3 is 0 Å². The van der Waals surface area contributed by atoms with E-state index in [9.17, 15) is 13.6 Å². The summed E-state index contributed by atoms with van der Waals surface area (Å²) in [4.78, 5) is 27.6. The Kier molecular flexibility index (Phi) is 12.4. The fourth-order valence-electron chi connectivity index (χ4n) is 5.00. The van der Waals surface area contributed by atoms with Gasteiger partial charge in [-0.2, -0.15) is 4.98 Å². The van der Waals surface area contributed by atoms with Crippen molar-refractivity contribution in [2.45, 2.75) is 91.4 Å². The third kappa shape index (κ3) is 7.78. The lowest BCUT2D eigenvalue weighted by Gasteiger charge is -2.31. The summed E-state index contributed by atoms with van der Waals surface area (Å²) in [5.74, 6) is -0.189. The van der Waals surface area contributed by atoms with Crippen LogP contribution in [0.15, 0.2) is 12.1 Å². The normalized spacial score (nSPS) is 16.0. The van der Waals surface area contributed by atoms with Gasteiger partial charge in [-0.1, -0.05) is 70.2 Å². The maximum Gasteiger partial charge on any atom is 0.255 e. The van der Waals surface area contributed by atoms with Crippen LogP contribution in [0.4, 0.5) is 26.2 Å². The smallest absolute Gasteiger partial charge is 0.255 e. The first kappa shape index (κ1) is 32.8. The van der Waals surface area contributed by atoms with Crippen LogP contribution in [0.3, 0.4) is 0 Å². The predicted molar refractivity (Wildman–Crippen MR) is 165 cm³/mol. The first-order valence-electron chi connectivity index (χ1n) is 14.6. The first-order chi connectivity index (χ1) is 19.8. The Bertz CT molecular complexity index is 1310. The molecule has 0 bridgehead atoms. The number of benzene rings is 1. The highest BCUT2D eigenvalue weighted by atomic mass is 35.5. The third-order valence-electron chi connectivity index (χ3n) is 7.06. The summed E-state index contributed by atoms with van der Waals surface area (Å²) in [6, 6.07) is 3.02. The Morgan fingerprint density at radius 3 is 2.34 bits per heavy atom. The van der Waals surface area contributed by atoms with Gasteiger partial charge in [-0.05, 0) is 43.4 Å². The number of aromatic nitrogens is 3. The molecule has 5 N–H and O–H groups in total. The zero-order valence-electron chi connectivity index (χ0n) is 24.2. The van der Waals surface area contributed by atoms with E-state index in [2.05, 4.69) is 20.6 Å². The minimum atomic E-state index is -0.861. The summed E-state index contributed by atoms with van der Waals surface area (Å²) in [6.07, 6.45) is 5.13. The van der Waals surface area contributed by atoms with Crippen molar-refractivity contribution in [3.05, 3.63) is 39.1 Å².